The average Bonchev–Trinajstić information content (AvgIpc) is 2.77. The molecule has 30 heavy (non-hydrogen) atoms. The standard InChI is InChI=1S/C21H21N3O5S/c1-27-14-6-4-13(5-7-14)16-11-19(25)24-21(23-16)30-12-20(26)22-17-10-15(28-2)8-9-18(17)29-3/h4-11H,12H2,1-3H3,(H,22,26)(H,23,24,25). The largest absolute Gasteiger partial charge is 0.497 e. The number of nitrogens with zero attached hydrogens (tertiary/aromatic N) is 1. The normalized spacial score (nSPS) is 10.4. The number of H-pyrrole nitrogens is 1. The third kappa shape index (κ3) is 5.32. The van der Waals surface area contributed by atoms with Gasteiger partial charge in [-0.05, 0) is 36.4 Å². The number of aromatic amines is 1. The van der Waals surface area contributed by atoms with Crippen LogP contribution in [-0.2, 0) is 4.79 Å². The van der Waals surface area contributed by atoms with Crippen LogP contribution in [0.1, 0.15) is 0 Å². The van der Waals surface area contributed by atoms with Crippen molar-refractivity contribution in [2.45, 2.75) is 5.16 Å². The SMILES string of the molecule is COc1ccc(-c2cc(=O)[nH]c(SCC(=O)Nc3cc(OC)ccc3OC)n2)cc1. The number of thioether (sulfide) groups is 1. The molecule has 0 aliphatic heterocycles. The number of amides is 1. The molecule has 0 atom stereocenters. The Bertz CT molecular complexity index is 1080. The molecule has 0 saturated heterocycles. The Kier molecular flexibility index (Phi) is 6.97. The maximum absolute atomic E-state index is 12.4. The Labute approximate surface area is 177 Å². The fourth-order valence-corrected chi connectivity index (χ4v) is 3.32. The predicted octanol–water partition coefficient (Wildman–Crippen LogP) is 3.19. The minimum absolute atomic E-state index is 0.0510. The summed E-state index contributed by atoms with van der Waals surface area (Å²) in [6.45, 7) is 0. The van der Waals surface area contributed by atoms with Crippen LogP contribution in [0.25, 0.3) is 11.3 Å². The van der Waals surface area contributed by atoms with E-state index in [-0.39, 0.29) is 17.2 Å². The van der Waals surface area contributed by atoms with E-state index in [0.29, 0.717) is 33.8 Å². The number of methoxy groups -OCH3 is 3. The molecular weight excluding hydrogens is 406 g/mol. The van der Waals surface area contributed by atoms with E-state index in [1.54, 1.807) is 44.6 Å². The lowest BCUT2D eigenvalue weighted by Crippen LogP contribution is -2.16. The van der Waals surface area contributed by atoms with Crippen LogP contribution in [0.2, 0.25) is 0 Å². The zero-order chi connectivity index (χ0) is 21.5. The number of benzene rings is 2. The molecule has 0 bridgehead atoms. The van der Waals surface area contributed by atoms with Crippen LogP contribution in [0.15, 0.2) is 58.5 Å². The van der Waals surface area contributed by atoms with E-state index in [9.17, 15) is 9.59 Å². The van der Waals surface area contributed by atoms with Gasteiger partial charge in [-0.25, -0.2) is 4.98 Å². The molecule has 2 N–H and O–H groups in total. The monoisotopic (exact) mass is 427 g/mol. The van der Waals surface area contributed by atoms with E-state index in [1.165, 1.54) is 13.2 Å². The van der Waals surface area contributed by atoms with Gasteiger partial charge in [0, 0.05) is 17.7 Å². The predicted molar refractivity (Wildman–Crippen MR) is 116 cm³/mol. The molecule has 156 valence electrons. The van der Waals surface area contributed by atoms with Crippen molar-refractivity contribution in [3.05, 3.63) is 58.9 Å². The molecule has 2 aromatic carbocycles. The van der Waals surface area contributed by atoms with Gasteiger partial charge < -0.3 is 24.5 Å². The average molecular weight is 427 g/mol. The van der Waals surface area contributed by atoms with Gasteiger partial charge in [0.15, 0.2) is 5.16 Å². The molecule has 0 fully saturated rings. The molecule has 1 amide bonds. The second-order valence-electron chi connectivity index (χ2n) is 6.07. The summed E-state index contributed by atoms with van der Waals surface area (Å²) in [7, 11) is 4.65. The highest BCUT2D eigenvalue weighted by Gasteiger charge is 2.11. The van der Waals surface area contributed by atoms with Gasteiger partial charge in [0.1, 0.15) is 17.2 Å². The lowest BCUT2D eigenvalue weighted by atomic mass is 10.1. The van der Waals surface area contributed by atoms with Gasteiger partial charge in [0.2, 0.25) is 5.91 Å². The summed E-state index contributed by atoms with van der Waals surface area (Å²) in [5.41, 5.74) is 1.48. The number of anilines is 1. The summed E-state index contributed by atoms with van der Waals surface area (Å²) in [6, 6.07) is 13.7. The van der Waals surface area contributed by atoms with Crippen molar-refractivity contribution in [2.75, 3.05) is 32.4 Å². The van der Waals surface area contributed by atoms with Crippen LogP contribution in [0, 0.1) is 0 Å². The van der Waals surface area contributed by atoms with Crippen LogP contribution in [0.4, 0.5) is 5.69 Å². The fourth-order valence-electron chi connectivity index (χ4n) is 2.65. The summed E-state index contributed by atoms with van der Waals surface area (Å²) in [4.78, 5) is 31.5. The van der Waals surface area contributed by atoms with E-state index in [1.807, 2.05) is 12.1 Å². The second kappa shape index (κ2) is 9.84. The quantitative estimate of drug-likeness (QED) is 0.420. The van der Waals surface area contributed by atoms with Crippen molar-refractivity contribution >= 4 is 23.4 Å². The lowest BCUT2D eigenvalue weighted by Gasteiger charge is -2.11. The molecule has 0 aliphatic rings. The molecule has 1 aromatic heterocycles. The smallest absolute Gasteiger partial charge is 0.252 e. The van der Waals surface area contributed by atoms with Crippen molar-refractivity contribution in [1.82, 2.24) is 9.97 Å². The first-order chi connectivity index (χ1) is 14.5. The van der Waals surface area contributed by atoms with Gasteiger partial charge in [-0.15, -0.1) is 0 Å². The Morgan fingerprint density at radius 1 is 1.00 bits per heavy atom. The van der Waals surface area contributed by atoms with Crippen LogP contribution in [0.3, 0.4) is 0 Å². The van der Waals surface area contributed by atoms with Crippen LogP contribution in [0.5, 0.6) is 17.2 Å². The topological polar surface area (TPSA) is 103 Å². The van der Waals surface area contributed by atoms with E-state index < -0.39 is 0 Å². The van der Waals surface area contributed by atoms with E-state index >= 15 is 0 Å². The first-order valence-electron chi connectivity index (χ1n) is 8.93. The summed E-state index contributed by atoms with van der Waals surface area (Å²) >= 11 is 1.13. The molecule has 3 aromatic rings. The molecule has 3 rings (SSSR count). The van der Waals surface area contributed by atoms with Crippen molar-refractivity contribution in [3.63, 3.8) is 0 Å². The summed E-state index contributed by atoms with van der Waals surface area (Å²) in [6.07, 6.45) is 0. The molecular formula is C21H21N3O5S. The highest BCUT2D eigenvalue weighted by atomic mass is 32.2. The first kappa shape index (κ1) is 21.3. The molecule has 9 heteroatoms. The number of carbonyl (C=O) groups is 1. The van der Waals surface area contributed by atoms with Crippen molar-refractivity contribution in [2.24, 2.45) is 0 Å². The number of hydrogen-bond donors (Lipinski definition) is 2. The maximum Gasteiger partial charge on any atom is 0.252 e. The van der Waals surface area contributed by atoms with E-state index in [4.69, 9.17) is 14.2 Å². The summed E-state index contributed by atoms with van der Waals surface area (Å²) in [5.74, 6) is 1.60. The lowest BCUT2D eigenvalue weighted by molar-refractivity contribution is -0.113. The maximum atomic E-state index is 12.4. The Morgan fingerprint density at radius 3 is 2.37 bits per heavy atom. The number of ether oxygens (including phenoxy) is 3. The Morgan fingerprint density at radius 2 is 1.70 bits per heavy atom. The molecule has 1 heterocycles. The minimum Gasteiger partial charge on any atom is -0.497 e. The molecule has 0 unspecified atom stereocenters. The van der Waals surface area contributed by atoms with Gasteiger partial charge in [0.25, 0.3) is 5.56 Å². The van der Waals surface area contributed by atoms with E-state index in [2.05, 4.69) is 15.3 Å². The van der Waals surface area contributed by atoms with Gasteiger partial charge >= 0.3 is 0 Å². The van der Waals surface area contributed by atoms with Gasteiger partial charge in [-0.3, -0.25) is 9.59 Å². The minimum atomic E-state index is -0.298. The van der Waals surface area contributed by atoms with Crippen LogP contribution in [-0.4, -0.2) is 43.0 Å². The highest BCUT2D eigenvalue weighted by molar-refractivity contribution is 7.99. The second-order valence-corrected chi connectivity index (χ2v) is 7.03. The number of rotatable bonds is 8. The van der Waals surface area contributed by atoms with Gasteiger partial charge in [-0.1, -0.05) is 11.8 Å². The van der Waals surface area contributed by atoms with Crippen molar-refractivity contribution in [3.8, 4) is 28.5 Å². The number of hydrogen-bond acceptors (Lipinski definition) is 7. The highest BCUT2D eigenvalue weighted by Crippen LogP contribution is 2.29. The summed E-state index contributed by atoms with van der Waals surface area (Å²) in [5, 5.41) is 3.13. The van der Waals surface area contributed by atoms with Crippen LogP contribution < -0.4 is 25.1 Å². The Balaban J connectivity index is 1.70. The third-order valence-electron chi connectivity index (χ3n) is 4.13. The van der Waals surface area contributed by atoms with Crippen molar-refractivity contribution in [1.29, 1.82) is 0 Å². The molecule has 8 nitrogen and oxygen atoms in total. The van der Waals surface area contributed by atoms with Crippen LogP contribution >= 0.6 is 11.8 Å². The number of nitrogens with one attached hydrogen (secondary N) is 2. The molecule has 0 spiro atoms. The molecule has 0 aliphatic carbocycles. The molecule has 0 radical (unpaired) electrons. The van der Waals surface area contributed by atoms with Crippen molar-refractivity contribution < 1.29 is 19.0 Å². The number of carbonyl (C=O) groups excluding carboxylic acids is 1. The number of aromatic nitrogens is 2. The van der Waals surface area contributed by atoms with Gasteiger partial charge in [0.05, 0.1) is 38.5 Å². The van der Waals surface area contributed by atoms with Gasteiger partial charge in [-0.2, -0.15) is 0 Å². The zero-order valence-corrected chi connectivity index (χ0v) is 17.5. The third-order valence-corrected chi connectivity index (χ3v) is 5.00. The van der Waals surface area contributed by atoms with E-state index in [0.717, 1.165) is 17.3 Å². The summed E-state index contributed by atoms with van der Waals surface area (Å²) < 4.78 is 15.6. The zero-order valence-electron chi connectivity index (χ0n) is 16.7. The fraction of sp³-hybridized carbons (Fsp3) is 0.190. The first-order valence-corrected chi connectivity index (χ1v) is 9.91. The molecule has 0 saturated carbocycles. The Hall–Kier alpha value is -3.46.